The van der Waals surface area contributed by atoms with Crippen molar-refractivity contribution < 1.29 is 4.74 Å². The quantitative estimate of drug-likeness (QED) is 0.819. The average Bonchev–Trinajstić information content (AvgIpc) is 2.32. The zero-order valence-corrected chi connectivity index (χ0v) is 10.5. The Bertz CT molecular complexity index is 472. The fourth-order valence-electron chi connectivity index (χ4n) is 2.53. The van der Waals surface area contributed by atoms with E-state index in [0.29, 0.717) is 16.9 Å². The average molecular weight is 251 g/mol. The molecule has 1 aromatic rings. The molecule has 90 valence electrons. The molecule has 0 spiro atoms. The van der Waals surface area contributed by atoms with Gasteiger partial charge in [-0.25, -0.2) is 4.98 Å². The minimum absolute atomic E-state index is 0.423. The topological polar surface area (TPSA) is 34.1 Å². The lowest BCUT2D eigenvalue weighted by molar-refractivity contribution is 0.256. The molecule has 2 heterocycles. The van der Waals surface area contributed by atoms with Gasteiger partial charge in [0.2, 0.25) is 0 Å². The second kappa shape index (κ2) is 4.31. The number of fused-ring (bicyclic) bond motifs is 1. The van der Waals surface area contributed by atoms with Crippen LogP contribution < -0.4 is 10.1 Å². The van der Waals surface area contributed by atoms with E-state index in [1.165, 1.54) is 12.0 Å². The molecule has 0 amide bonds. The summed E-state index contributed by atoms with van der Waals surface area (Å²) in [5.74, 6) is 1.48. The molecule has 1 aromatic heterocycles. The minimum Gasteiger partial charge on any atom is -0.494 e. The van der Waals surface area contributed by atoms with Crippen molar-refractivity contribution in [1.82, 2.24) is 10.3 Å². The summed E-state index contributed by atoms with van der Waals surface area (Å²) >= 11 is 5.93. The number of nitrogens with zero attached hydrogens (tertiary/aromatic N) is 1. The predicted molar refractivity (Wildman–Crippen MR) is 68.3 cm³/mol. The van der Waals surface area contributed by atoms with Gasteiger partial charge in [-0.05, 0) is 36.0 Å². The van der Waals surface area contributed by atoms with E-state index in [1.54, 1.807) is 7.11 Å². The normalized spacial score (nSPS) is 26.8. The van der Waals surface area contributed by atoms with Gasteiger partial charge in [-0.15, -0.1) is 0 Å². The van der Waals surface area contributed by atoms with Crippen LogP contribution in [-0.4, -0.2) is 24.7 Å². The summed E-state index contributed by atoms with van der Waals surface area (Å²) in [6.45, 7) is 1.16. The van der Waals surface area contributed by atoms with Crippen molar-refractivity contribution in [3.8, 4) is 5.75 Å². The summed E-state index contributed by atoms with van der Waals surface area (Å²) in [4.78, 5) is 4.17. The van der Waals surface area contributed by atoms with Gasteiger partial charge in [0.25, 0.3) is 0 Å². The summed E-state index contributed by atoms with van der Waals surface area (Å²) in [5, 5.41) is 3.86. The molecule has 4 heteroatoms. The first-order valence-electron chi connectivity index (χ1n) is 5.92. The number of hydrogen-bond acceptors (Lipinski definition) is 3. The molecule has 2 aliphatic rings. The molecule has 0 saturated carbocycles. The number of methoxy groups -OCH3 is 1. The molecular formula is C13H15ClN2O. The molecule has 0 bridgehead atoms. The molecule has 1 fully saturated rings. The molecule has 17 heavy (non-hydrogen) atoms. The van der Waals surface area contributed by atoms with Gasteiger partial charge in [-0.2, -0.15) is 0 Å². The van der Waals surface area contributed by atoms with Gasteiger partial charge in [0, 0.05) is 18.8 Å². The van der Waals surface area contributed by atoms with E-state index in [4.69, 9.17) is 16.3 Å². The first-order valence-corrected chi connectivity index (χ1v) is 6.29. The van der Waals surface area contributed by atoms with E-state index in [0.717, 1.165) is 24.4 Å². The van der Waals surface area contributed by atoms with E-state index in [2.05, 4.69) is 16.4 Å². The molecule has 2 atom stereocenters. The second-order valence-corrected chi connectivity index (χ2v) is 5.00. The Hall–Kier alpha value is -1.06. The van der Waals surface area contributed by atoms with Crippen molar-refractivity contribution in [2.45, 2.75) is 18.9 Å². The number of rotatable bonds is 2. The molecule has 1 aliphatic heterocycles. The number of pyridine rings is 1. The molecule has 1 N–H and O–H groups in total. The number of nitrogens with one attached hydrogen (secondary N) is 1. The van der Waals surface area contributed by atoms with Crippen molar-refractivity contribution in [2.75, 3.05) is 13.7 Å². The Morgan fingerprint density at radius 1 is 1.53 bits per heavy atom. The Morgan fingerprint density at radius 2 is 2.41 bits per heavy atom. The van der Waals surface area contributed by atoms with E-state index < -0.39 is 0 Å². The van der Waals surface area contributed by atoms with Crippen LogP contribution in [-0.2, 0) is 0 Å². The Labute approximate surface area is 106 Å². The molecule has 3 rings (SSSR count). The predicted octanol–water partition coefficient (Wildman–Crippen LogP) is 2.51. The monoisotopic (exact) mass is 250 g/mol. The molecular weight excluding hydrogens is 236 g/mol. The highest BCUT2D eigenvalue weighted by atomic mass is 35.5. The molecule has 3 nitrogen and oxygen atoms in total. The lowest BCUT2D eigenvalue weighted by atomic mass is 9.79. The van der Waals surface area contributed by atoms with Crippen molar-refractivity contribution in [1.29, 1.82) is 0 Å². The van der Waals surface area contributed by atoms with Crippen LogP contribution in [0.2, 0.25) is 5.15 Å². The largest absolute Gasteiger partial charge is 0.494 e. The van der Waals surface area contributed by atoms with Crippen LogP contribution in [0.5, 0.6) is 5.75 Å². The van der Waals surface area contributed by atoms with Crippen LogP contribution in [0.4, 0.5) is 0 Å². The van der Waals surface area contributed by atoms with Crippen molar-refractivity contribution in [2.24, 2.45) is 5.92 Å². The van der Waals surface area contributed by atoms with Gasteiger partial charge in [-0.3, -0.25) is 0 Å². The summed E-state index contributed by atoms with van der Waals surface area (Å²) in [7, 11) is 1.62. The van der Waals surface area contributed by atoms with Crippen LogP contribution in [0.15, 0.2) is 18.3 Å². The molecule has 0 radical (unpaired) electrons. The Balaban J connectivity index is 1.91. The zero-order chi connectivity index (χ0) is 11.8. The minimum atomic E-state index is 0.423. The lowest BCUT2D eigenvalue weighted by Gasteiger charge is -2.40. The summed E-state index contributed by atoms with van der Waals surface area (Å²) in [5.41, 5.74) is 2.47. The fourth-order valence-corrected chi connectivity index (χ4v) is 2.71. The summed E-state index contributed by atoms with van der Waals surface area (Å²) in [6.07, 6.45) is 6.53. The van der Waals surface area contributed by atoms with Crippen LogP contribution in [0.1, 0.15) is 18.4 Å². The van der Waals surface area contributed by atoms with Gasteiger partial charge in [0.05, 0.1) is 7.11 Å². The molecule has 0 aromatic carbocycles. The van der Waals surface area contributed by atoms with E-state index in [-0.39, 0.29) is 0 Å². The number of halogens is 1. The SMILES string of the molecule is COc1cc(C2=C[C@@H]3NC[C@@H]3CC2)cnc1Cl. The van der Waals surface area contributed by atoms with Crippen molar-refractivity contribution >= 4 is 17.2 Å². The van der Waals surface area contributed by atoms with Crippen LogP contribution in [0, 0.1) is 5.92 Å². The second-order valence-electron chi connectivity index (χ2n) is 4.64. The van der Waals surface area contributed by atoms with E-state index in [9.17, 15) is 0 Å². The zero-order valence-electron chi connectivity index (χ0n) is 9.74. The lowest BCUT2D eigenvalue weighted by Crippen LogP contribution is -2.52. The van der Waals surface area contributed by atoms with Crippen molar-refractivity contribution in [3.63, 3.8) is 0 Å². The van der Waals surface area contributed by atoms with Crippen molar-refractivity contribution in [3.05, 3.63) is 29.1 Å². The maximum absolute atomic E-state index is 5.93. The summed E-state index contributed by atoms with van der Waals surface area (Å²) < 4.78 is 5.20. The Kier molecular flexibility index (Phi) is 2.81. The highest BCUT2D eigenvalue weighted by Crippen LogP contribution is 2.35. The van der Waals surface area contributed by atoms with Gasteiger partial charge in [0.1, 0.15) is 0 Å². The van der Waals surface area contributed by atoms with E-state index in [1.807, 2.05) is 12.3 Å². The first kappa shape index (κ1) is 11.1. The third kappa shape index (κ3) is 1.94. The number of allylic oxidation sites excluding steroid dienone is 1. The number of aromatic nitrogens is 1. The maximum Gasteiger partial charge on any atom is 0.171 e. The maximum atomic E-state index is 5.93. The smallest absolute Gasteiger partial charge is 0.171 e. The number of hydrogen-bond donors (Lipinski definition) is 1. The van der Waals surface area contributed by atoms with Gasteiger partial charge >= 0.3 is 0 Å². The third-order valence-electron chi connectivity index (χ3n) is 3.69. The first-order chi connectivity index (χ1) is 8.28. The van der Waals surface area contributed by atoms with Crippen LogP contribution >= 0.6 is 11.6 Å². The highest BCUT2D eigenvalue weighted by molar-refractivity contribution is 6.30. The fraction of sp³-hybridized carbons (Fsp3) is 0.462. The number of ether oxygens (including phenoxy) is 1. The van der Waals surface area contributed by atoms with E-state index >= 15 is 0 Å². The standard InChI is InChI=1S/C13H15ClN2O/c1-17-12-5-10(7-16-13(12)14)8-2-3-9-6-15-11(9)4-8/h4-5,7,9,11,15H,2-3,6H2,1H3/t9-,11-/m0/s1. The van der Waals surface area contributed by atoms with Gasteiger partial charge in [-0.1, -0.05) is 17.7 Å². The molecule has 0 unspecified atom stereocenters. The van der Waals surface area contributed by atoms with Crippen LogP contribution in [0.3, 0.4) is 0 Å². The highest BCUT2D eigenvalue weighted by Gasteiger charge is 2.31. The third-order valence-corrected chi connectivity index (χ3v) is 3.97. The Morgan fingerprint density at radius 3 is 3.06 bits per heavy atom. The summed E-state index contributed by atoms with van der Waals surface area (Å²) in [6, 6.07) is 2.53. The van der Waals surface area contributed by atoms with Gasteiger partial charge < -0.3 is 10.1 Å². The molecule has 1 aliphatic carbocycles. The van der Waals surface area contributed by atoms with Gasteiger partial charge in [0.15, 0.2) is 10.9 Å². The molecule has 1 saturated heterocycles. The van der Waals surface area contributed by atoms with Crippen LogP contribution in [0.25, 0.3) is 5.57 Å².